The number of ether oxygens (including phenoxy) is 1. The van der Waals surface area contributed by atoms with Gasteiger partial charge in [0.2, 0.25) is 11.8 Å². The molecular formula is C22H32BrN3O4. The summed E-state index contributed by atoms with van der Waals surface area (Å²) in [6, 6.07) is 6.74. The molecular weight excluding hydrogens is 450 g/mol. The van der Waals surface area contributed by atoms with Gasteiger partial charge in [-0.1, -0.05) is 35.8 Å². The molecule has 3 amide bonds. The van der Waals surface area contributed by atoms with E-state index in [4.69, 9.17) is 4.74 Å². The number of halogens is 1. The van der Waals surface area contributed by atoms with Crippen LogP contribution in [0.3, 0.4) is 0 Å². The lowest BCUT2D eigenvalue weighted by atomic mass is 9.88. The fraction of sp³-hybridized carbons (Fsp3) is 0.591. The number of carbonyl (C=O) groups is 3. The van der Waals surface area contributed by atoms with Crippen LogP contribution in [-0.2, 0) is 14.3 Å². The highest BCUT2D eigenvalue weighted by atomic mass is 79.9. The van der Waals surface area contributed by atoms with Crippen molar-refractivity contribution in [2.45, 2.75) is 39.2 Å². The molecule has 0 radical (unpaired) electrons. The van der Waals surface area contributed by atoms with Gasteiger partial charge in [0.05, 0.1) is 6.61 Å². The Morgan fingerprint density at radius 2 is 1.93 bits per heavy atom. The van der Waals surface area contributed by atoms with Crippen molar-refractivity contribution in [1.82, 2.24) is 15.5 Å². The molecule has 30 heavy (non-hydrogen) atoms. The Labute approximate surface area is 187 Å². The first-order chi connectivity index (χ1) is 14.3. The summed E-state index contributed by atoms with van der Waals surface area (Å²) in [5.41, 5.74) is 0.641. The van der Waals surface area contributed by atoms with Crippen LogP contribution >= 0.6 is 15.9 Å². The van der Waals surface area contributed by atoms with Crippen LogP contribution in [0.4, 0.5) is 0 Å². The first-order valence-corrected chi connectivity index (χ1v) is 11.2. The predicted octanol–water partition coefficient (Wildman–Crippen LogP) is 2.59. The molecule has 1 saturated heterocycles. The topological polar surface area (TPSA) is 87.7 Å². The summed E-state index contributed by atoms with van der Waals surface area (Å²) in [6.45, 7) is 5.86. The largest absolute Gasteiger partial charge is 0.383 e. The molecule has 2 rings (SSSR count). The predicted molar refractivity (Wildman–Crippen MR) is 119 cm³/mol. The SMILES string of the molecule is COCCNC(=O)C(NC(=O)CC(C)C)C1CCN(C(=O)c2cccc(Br)c2)CC1. The van der Waals surface area contributed by atoms with Crippen molar-refractivity contribution in [3.8, 4) is 0 Å². The Kier molecular flexibility index (Phi) is 9.78. The van der Waals surface area contributed by atoms with E-state index in [2.05, 4.69) is 26.6 Å². The molecule has 1 aliphatic heterocycles. The fourth-order valence-corrected chi connectivity index (χ4v) is 4.03. The lowest BCUT2D eigenvalue weighted by molar-refractivity contribution is -0.131. The summed E-state index contributed by atoms with van der Waals surface area (Å²) >= 11 is 3.40. The highest BCUT2D eigenvalue weighted by molar-refractivity contribution is 9.10. The Hall–Kier alpha value is -1.93. The fourth-order valence-electron chi connectivity index (χ4n) is 3.63. The van der Waals surface area contributed by atoms with Crippen LogP contribution in [0.1, 0.15) is 43.5 Å². The van der Waals surface area contributed by atoms with Crippen LogP contribution in [0.15, 0.2) is 28.7 Å². The molecule has 7 nitrogen and oxygen atoms in total. The average molecular weight is 482 g/mol. The summed E-state index contributed by atoms with van der Waals surface area (Å²) < 4.78 is 5.86. The zero-order chi connectivity index (χ0) is 22.1. The number of benzene rings is 1. The van der Waals surface area contributed by atoms with Gasteiger partial charge in [-0.25, -0.2) is 0 Å². The molecule has 0 aromatic heterocycles. The number of carbonyl (C=O) groups excluding carboxylic acids is 3. The third kappa shape index (κ3) is 7.40. The summed E-state index contributed by atoms with van der Waals surface area (Å²) in [7, 11) is 1.58. The van der Waals surface area contributed by atoms with Gasteiger partial charge in [-0.15, -0.1) is 0 Å². The smallest absolute Gasteiger partial charge is 0.253 e. The molecule has 0 saturated carbocycles. The van der Waals surface area contributed by atoms with Gasteiger partial charge in [-0.2, -0.15) is 0 Å². The summed E-state index contributed by atoms with van der Waals surface area (Å²) in [5.74, 6) is -0.132. The maximum atomic E-state index is 12.8. The van der Waals surface area contributed by atoms with Crippen molar-refractivity contribution in [2.24, 2.45) is 11.8 Å². The van der Waals surface area contributed by atoms with Gasteiger partial charge in [-0.3, -0.25) is 14.4 Å². The molecule has 1 aromatic rings. The number of hydrogen-bond donors (Lipinski definition) is 2. The van der Waals surface area contributed by atoms with E-state index in [1.54, 1.807) is 13.2 Å². The zero-order valence-electron chi connectivity index (χ0n) is 17.9. The molecule has 8 heteroatoms. The molecule has 166 valence electrons. The van der Waals surface area contributed by atoms with E-state index in [9.17, 15) is 14.4 Å². The van der Waals surface area contributed by atoms with E-state index in [1.807, 2.05) is 36.9 Å². The maximum Gasteiger partial charge on any atom is 0.253 e. The number of rotatable bonds is 9. The van der Waals surface area contributed by atoms with Gasteiger partial charge in [0.15, 0.2) is 0 Å². The monoisotopic (exact) mass is 481 g/mol. The molecule has 2 N–H and O–H groups in total. The molecule has 1 heterocycles. The van der Waals surface area contributed by atoms with Crippen molar-refractivity contribution in [2.75, 3.05) is 33.4 Å². The number of nitrogens with zero attached hydrogens (tertiary/aromatic N) is 1. The van der Waals surface area contributed by atoms with Crippen molar-refractivity contribution in [3.05, 3.63) is 34.3 Å². The minimum Gasteiger partial charge on any atom is -0.383 e. The van der Waals surface area contributed by atoms with Crippen molar-refractivity contribution in [1.29, 1.82) is 0 Å². The molecule has 0 spiro atoms. The highest BCUT2D eigenvalue weighted by Crippen LogP contribution is 2.23. The first-order valence-electron chi connectivity index (χ1n) is 10.4. The van der Waals surface area contributed by atoms with Gasteiger partial charge in [0.25, 0.3) is 5.91 Å². The number of piperidine rings is 1. The van der Waals surface area contributed by atoms with E-state index < -0.39 is 6.04 Å². The van der Waals surface area contributed by atoms with Gasteiger partial charge < -0.3 is 20.3 Å². The van der Waals surface area contributed by atoms with Gasteiger partial charge >= 0.3 is 0 Å². The first kappa shape index (κ1) is 24.3. The van der Waals surface area contributed by atoms with E-state index in [0.717, 1.165) is 4.47 Å². The standard InChI is InChI=1S/C22H32BrN3O4/c1-15(2)13-19(27)25-20(21(28)24-9-12-30-3)16-7-10-26(11-8-16)22(29)17-5-4-6-18(23)14-17/h4-6,14-16,20H,7-13H2,1-3H3,(H,24,28)(H,25,27). The van der Waals surface area contributed by atoms with Crippen LogP contribution in [0.25, 0.3) is 0 Å². The number of likely N-dealkylation sites (tertiary alicyclic amines) is 1. The van der Waals surface area contributed by atoms with Crippen LogP contribution < -0.4 is 10.6 Å². The molecule has 1 fully saturated rings. The van der Waals surface area contributed by atoms with Crippen LogP contribution in [0.5, 0.6) is 0 Å². The summed E-state index contributed by atoms with van der Waals surface area (Å²) in [6.07, 6.45) is 1.69. The third-order valence-corrected chi connectivity index (χ3v) is 5.66. The molecule has 0 aliphatic carbocycles. The van der Waals surface area contributed by atoms with E-state index in [-0.39, 0.29) is 29.6 Å². The summed E-state index contributed by atoms with van der Waals surface area (Å²) in [5, 5.41) is 5.77. The lowest BCUT2D eigenvalue weighted by Gasteiger charge is -2.36. The second kappa shape index (κ2) is 12.1. The highest BCUT2D eigenvalue weighted by Gasteiger charge is 2.34. The Balaban J connectivity index is 2.00. The van der Waals surface area contributed by atoms with Gasteiger partial charge in [0, 0.05) is 43.2 Å². The van der Waals surface area contributed by atoms with Crippen molar-refractivity contribution < 1.29 is 19.1 Å². The van der Waals surface area contributed by atoms with Crippen LogP contribution in [0, 0.1) is 11.8 Å². The Morgan fingerprint density at radius 3 is 2.53 bits per heavy atom. The third-order valence-electron chi connectivity index (χ3n) is 5.17. The second-order valence-electron chi connectivity index (χ2n) is 8.07. The molecule has 1 atom stereocenters. The zero-order valence-corrected chi connectivity index (χ0v) is 19.5. The maximum absolute atomic E-state index is 12.8. The Morgan fingerprint density at radius 1 is 1.23 bits per heavy atom. The van der Waals surface area contributed by atoms with Gasteiger partial charge in [-0.05, 0) is 42.9 Å². The number of methoxy groups -OCH3 is 1. The van der Waals surface area contributed by atoms with Gasteiger partial charge in [0.1, 0.15) is 6.04 Å². The minimum atomic E-state index is -0.601. The quantitative estimate of drug-likeness (QED) is 0.530. The van der Waals surface area contributed by atoms with Crippen LogP contribution in [0.2, 0.25) is 0 Å². The average Bonchev–Trinajstić information content (AvgIpc) is 2.71. The second-order valence-corrected chi connectivity index (χ2v) is 8.98. The number of nitrogens with one attached hydrogen (secondary N) is 2. The number of hydrogen-bond acceptors (Lipinski definition) is 4. The lowest BCUT2D eigenvalue weighted by Crippen LogP contribution is -2.54. The summed E-state index contributed by atoms with van der Waals surface area (Å²) in [4.78, 5) is 39.7. The van der Waals surface area contributed by atoms with Crippen LogP contribution in [-0.4, -0.2) is 62.0 Å². The normalized spacial score (nSPS) is 15.7. The minimum absolute atomic E-state index is 0.0142. The molecule has 1 aromatic carbocycles. The number of amides is 3. The van der Waals surface area contributed by atoms with Crippen molar-refractivity contribution >= 4 is 33.7 Å². The van der Waals surface area contributed by atoms with Crippen molar-refractivity contribution in [3.63, 3.8) is 0 Å². The van der Waals surface area contributed by atoms with E-state index in [0.29, 0.717) is 51.1 Å². The Bertz CT molecular complexity index is 733. The molecule has 1 aliphatic rings. The van der Waals surface area contributed by atoms with E-state index >= 15 is 0 Å². The molecule has 0 bridgehead atoms. The molecule has 1 unspecified atom stereocenters. The van der Waals surface area contributed by atoms with E-state index in [1.165, 1.54) is 0 Å².